The van der Waals surface area contributed by atoms with E-state index in [1.807, 2.05) is 6.92 Å². The number of nitro benzene ring substituents is 1. The Balaban J connectivity index is 2.01. The Morgan fingerprint density at radius 1 is 1.38 bits per heavy atom. The second-order valence-electron chi connectivity index (χ2n) is 4.80. The van der Waals surface area contributed by atoms with Crippen LogP contribution in [-0.2, 0) is 6.42 Å². The van der Waals surface area contributed by atoms with E-state index < -0.39 is 10.7 Å². The van der Waals surface area contributed by atoms with Crippen LogP contribution >= 0.6 is 12.2 Å². The quantitative estimate of drug-likeness (QED) is 0.374. The van der Waals surface area contributed by atoms with Crippen LogP contribution in [0.15, 0.2) is 47.6 Å². The highest BCUT2D eigenvalue weighted by Gasteiger charge is 2.12. The van der Waals surface area contributed by atoms with E-state index in [-0.39, 0.29) is 16.5 Å². The highest BCUT2D eigenvalue weighted by atomic mass is 32.1. The first kappa shape index (κ1) is 17.5. The molecular formula is C16H15FN4O2S. The van der Waals surface area contributed by atoms with Crippen molar-refractivity contribution in [3.05, 3.63) is 69.5 Å². The fraction of sp³-hybridized carbons (Fsp3) is 0.125. The molecule has 0 unspecified atom stereocenters. The van der Waals surface area contributed by atoms with Crippen molar-refractivity contribution in [3.63, 3.8) is 0 Å². The minimum absolute atomic E-state index is 0.0495. The van der Waals surface area contributed by atoms with E-state index in [1.165, 1.54) is 18.3 Å². The Kier molecular flexibility index (Phi) is 5.91. The van der Waals surface area contributed by atoms with Gasteiger partial charge in [0, 0.05) is 17.2 Å². The molecule has 0 radical (unpaired) electrons. The zero-order valence-corrected chi connectivity index (χ0v) is 13.6. The molecule has 0 heterocycles. The van der Waals surface area contributed by atoms with Crippen LogP contribution in [-0.4, -0.2) is 16.3 Å². The molecule has 0 spiro atoms. The van der Waals surface area contributed by atoms with Crippen molar-refractivity contribution in [2.75, 3.05) is 5.32 Å². The van der Waals surface area contributed by atoms with Crippen LogP contribution in [0.25, 0.3) is 0 Å². The molecule has 0 fully saturated rings. The topological polar surface area (TPSA) is 79.6 Å². The third kappa shape index (κ3) is 4.56. The van der Waals surface area contributed by atoms with Crippen molar-refractivity contribution in [2.24, 2.45) is 5.10 Å². The fourth-order valence-corrected chi connectivity index (χ4v) is 2.17. The predicted octanol–water partition coefficient (Wildman–Crippen LogP) is 3.62. The summed E-state index contributed by atoms with van der Waals surface area (Å²) in [5, 5.41) is 17.7. The van der Waals surface area contributed by atoms with Gasteiger partial charge in [0.2, 0.25) is 0 Å². The van der Waals surface area contributed by atoms with Gasteiger partial charge < -0.3 is 5.32 Å². The lowest BCUT2D eigenvalue weighted by Gasteiger charge is -2.07. The molecule has 24 heavy (non-hydrogen) atoms. The van der Waals surface area contributed by atoms with E-state index >= 15 is 0 Å². The highest BCUT2D eigenvalue weighted by Crippen LogP contribution is 2.20. The number of hydrogen-bond acceptors (Lipinski definition) is 4. The Morgan fingerprint density at radius 2 is 2.12 bits per heavy atom. The van der Waals surface area contributed by atoms with Gasteiger partial charge in [-0.25, -0.2) is 4.39 Å². The van der Waals surface area contributed by atoms with E-state index in [0.29, 0.717) is 17.5 Å². The van der Waals surface area contributed by atoms with E-state index in [4.69, 9.17) is 12.2 Å². The number of nitrogens with zero attached hydrogens (tertiary/aromatic N) is 2. The molecule has 0 aliphatic rings. The monoisotopic (exact) mass is 346 g/mol. The van der Waals surface area contributed by atoms with Gasteiger partial charge in [0.1, 0.15) is 5.82 Å². The van der Waals surface area contributed by atoms with Gasteiger partial charge in [-0.15, -0.1) is 0 Å². The Hall–Kier alpha value is -2.87. The lowest BCUT2D eigenvalue weighted by molar-refractivity contribution is -0.385. The first-order valence-corrected chi connectivity index (χ1v) is 7.54. The smallest absolute Gasteiger partial charge is 0.273 e. The summed E-state index contributed by atoms with van der Waals surface area (Å²) in [5.74, 6) is -0.434. The van der Waals surface area contributed by atoms with Gasteiger partial charge in [-0.1, -0.05) is 31.2 Å². The molecule has 0 saturated carbocycles. The van der Waals surface area contributed by atoms with Gasteiger partial charge in [0.15, 0.2) is 5.11 Å². The maximum atomic E-state index is 13.5. The minimum Gasteiger partial charge on any atom is -0.329 e. The molecule has 0 saturated heterocycles. The number of nitrogens with one attached hydrogen (secondary N) is 2. The maximum absolute atomic E-state index is 13.5. The second kappa shape index (κ2) is 8.11. The number of hydrazone groups is 1. The fourth-order valence-electron chi connectivity index (χ4n) is 2.01. The number of aryl methyl sites for hydroxylation is 1. The third-order valence-corrected chi connectivity index (χ3v) is 3.38. The van der Waals surface area contributed by atoms with Crippen LogP contribution in [0.4, 0.5) is 15.8 Å². The summed E-state index contributed by atoms with van der Waals surface area (Å²) in [6, 6.07) is 11.0. The SMILES string of the molecule is CCc1ccc(/C=N\NC(=S)Nc2ccccc2F)cc1[N+](=O)[O-]. The largest absolute Gasteiger partial charge is 0.329 e. The van der Waals surface area contributed by atoms with Gasteiger partial charge in [-0.2, -0.15) is 5.10 Å². The van der Waals surface area contributed by atoms with E-state index in [1.54, 1.807) is 30.3 Å². The van der Waals surface area contributed by atoms with Crippen molar-refractivity contribution in [1.29, 1.82) is 0 Å². The number of hydrogen-bond donors (Lipinski definition) is 2. The third-order valence-electron chi connectivity index (χ3n) is 3.19. The Bertz CT molecular complexity index is 795. The van der Waals surface area contributed by atoms with E-state index in [0.717, 1.165) is 0 Å². The first-order chi connectivity index (χ1) is 11.5. The number of para-hydroxylation sites is 1. The summed E-state index contributed by atoms with van der Waals surface area (Å²) in [6.45, 7) is 1.85. The molecule has 0 aliphatic heterocycles. The van der Waals surface area contributed by atoms with Crippen LogP contribution in [0.2, 0.25) is 0 Å². The molecule has 0 atom stereocenters. The molecule has 124 valence electrons. The van der Waals surface area contributed by atoms with Gasteiger partial charge in [0.05, 0.1) is 16.8 Å². The first-order valence-electron chi connectivity index (χ1n) is 7.13. The second-order valence-corrected chi connectivity index (χ2v) is 5.21. The molecule has 2 rings (SSSR count). The number of anilines is 1. The van der Waals surface area contributed by atoms with E-state index in [9.17, 15) is 14.5 Å². The summed E-state index contributed by atoms with van der Waals surface area (Å²) < 4.78 is 13.5. The average molecular weight is 346 g/mol. The van der Waals surface area contributed by atoms with Crippen LogP contribution in [0.1, 0.15) is 18.1 Å². The number of rotatable bonds is 5. The van der Waals surface area contributed by atoms with Gasteiger partial charge in [-0.05, 0) is 30.8 Å². The number of thiocarbonyl (C=S) groups is 1. The molecule has 0 aliphatic carbocycles. The lowest BCUT2D eigenvalue weighted by atomic mass is 10.1. The van der Waals surface area contributed by atoms with Crippen molar-refractivity contribution in [1.82, 2.24) is 5.43 Å². The predicted molar refractivity (Wildman–Crippen MR) is 95.8 cm³/mol. The maximum Gasteiger partial charge on any atom is 0.273 e. The molecule has 2 aromatic carbocycles. The summed E-state index contributed by atoms with van der Waals surface area (Å²) >= 11 is 5.01. The van der Waals surface area contributed by atoms with Crippen LogP contribution in [0.3, 0.4) is 0 Å². The number of nitro groups is 1. The lowest BCUT2D eigenvalue weighted by Crippen LogP contribution is -2.24. The van der Waals surface area contributed by atoms with Crippen LogP contribution < -0.4 is 10.7 Å². The summed E-state index contributed by atoms with van der Waals surface area (Å²) in [5.41, 5.74) is 4.03. The standard InChI is InChI=1S/C16H15FN4O2S/c1-2-12-8-7-11(9-15(12)21(22)23)10-18-20-16(24)19-14-6-4-3-5-13(14)17/h3-10H,2H2,1H3,(H2,19,20,24)/b18-10-. The molecule has 2 aromatic rings. The molecule has 0 bridgehead atoms. The molecular weight excluding hydrogens is 331 g/mol. The van der Waals surface area contributed by atoms with Crippen LogP contribution in [0, 0.1) is 15.9 Å². The van der Waals surface area contributed by atoms with Gasteiger partial charge >= 0.3 is 0 Å². The van der Waals surface area contributed by atoms with Crippen molar-refractivity contribution < 1.29 is 9.31 Å². The Morgan fingerprint density at radius 3 is 2.79 bits per heavy atom. The highest BCUT2D eigenvalue weighted by molar-refractivity contribution is 7.80. The zero-order chi connectivity index (χ0) is 17.5. The number of halogens is 1. The van der Waals surface area contributed by atoms with Gasteiger partial charge in [0.25, 0.3) is 5.69 Å². The Labute approximate surface area is 143 Å². The molecule has 0 amide bonds. The molecule has 0 aromatic heterocycles. The van der Waals surface area contributed by atoms with Crippen molar-refractivity contribution in [3.8, 4) is 0 Å². The van der Waals surface area contributed by atoms with E-state index in [2.05, 4.69) is 15.8 Å². The molecule has 8 heteroatoms. The summed E-state index contributed by atoms with van der Waals surface area (Å²) in [4.78, 5) is 10.6. The van der Waals surface area contributed by atoms with Crippen LogP contribution in [0.5, 0.6) is 0 Å². The van der Waals surface area contributed by atoms with Crippen molar-refractivity contribution in [2.45, 2.75) is 13.3 Å². The molecule has 6 nitrogen and oxygen atoms in total. The van der Waals surface area contributed by atoms with Gasteiger partial charge in [-0.3, -0.25) is 15.5 Å². The summed E-state index contributed by atoms with van der Waals surface area (Å²) in [6.07, 6.45) is 1.98. The van der Waals surface area contributed by atoms with Crippen molar-refractivity contribution >= 4 is 34.9 Å². The zero-order valence-electron chi connectivity index (χ0n) is 12.8. The minimum atomic E-state index is -0.434. The average Bonchev–Trinajstić information content (AvgIpc) is 2.56. The molecule has 2 N–H and O–H groups in total. The normalized spacial score (nSPS) is 10.6. The summed E-state index contributed by atoms with van der Waals surface area (Å²) in [7, 11) is 0. The number of benzene rings is 2.